The standard InChI is InChI=1S/C30H26Cl2N2O6/c1-37-27-15-19(3-13-25(27)33-29(35)17-39-23-9-5-21(31)6-10-23)20-4-14-26(28(16-20)38-2)34-30(36)18-40-24-11-7-22(32)8-12-24/h3-16H,17-18H2,1-2H3,(H,33,35)(H,34,36). The first-order chi connectivity index (χ1) is 19.3. The number of halogens is 2. The van der Waals surface area contributed by atoms with Gasteiger partial charge in [-0.25, -0.2) is 0 Å². The average molecular weight is 581 g/mol. The molecule has 40 heavy (non-hydrogen) atoms. The zero-order valence-corrected chi connectivity index (χ0v) is 23.2. The Morgan fingerprint density at radius 3 is 1.32 bits per heavy atom. The van der Waals surface area contributed by atoms with Gasteiger partial charge in [-0.1, -0.05) is 35.3 Å². The largest absolute Gasteiger partial charge is 0.495 e. The zero-order valence-electron chi connectivity index (χ0n) is 21.7. The van der Waals surface area contributed by atoms with E-state index in [1.165, 1.54) is 14.2 Å². The fraction of sp³-hybridized carbons (Fsp3) is 0.133. The van der Waals surface area contributed by atoms with Crippen molar-refractivity contribution in [3.8, 4) is 34.1 Å². The Kier molecular flexibility index (Phi) is 9.72. The van der Waals surface area contributed by atoms with Gasteiger partial charge in [-0.15, -0.1) is 0 Å². The highest BCUT2D eigenvalue weighted by Gasteiger charge is 2.13. The van der Waals surface area contributed by atoms with Gasteiger partial charge in [-0.2, -0.15) is 0 Å². The maximum atomic E-state index is 12.4. The summed E-state index contributed by atoms with van der Waals surface area (Å²) in [6, 6.07) is 24.2. The van der Waals surface area contributed by atoms with Crippen molar-refractivity contribution in [1.82, 2.24) is 0 Å². The normalized spacial score (nSPS) is 10.4. The Labute approximate surface area is 241 Å². The number of rotatable bonds is 11. The summed E-state index contributed by atoms with van der Waals surface area (Å²) >= 11 is 11.7. The second-order valence-corrected chi connectivity index (χ2v) is 9.28. The fourth-order valence-electron chi connectivity index (χ4n) is 3.68. The monoisotopic (exact) mass is 580 g/mol. The molecule has 0 aliphatic carbocycles. The van der Waals surface area contributed by atoms with Crippen LogP contribution in [-0.2, 0) is 9.59 Å². The predicted octanol–water partition coefficient (Wildman–Crippen LogP) is 6.71. The van der Waals surface area contributed by atoms with Crippen LogP contribution < -0.4 is 29.6 Å². The molecule has 0 atom stereocenters. The number of methoxy groups -OCH3 is 2. The van der Waals surface area contributed by atoms with Crippen molar-refractivity contribution in [1.29, 1.82) is 0 Å². The molecule has 2 N–H and O–H groups in total. The molecular formula is C30H26Cl2N2O6. The van der Waals surface area contributed by atoms with Gasteiger partial charge in [-0.3, -0.25) is 9.59 Å². The van der Waals surface area contributed by atoms with Crippen LogP contribution in [0, 0.1) is 0 Å². The van der Waals surface area contributed by atoms with E-state index in [4.69, 9.17) is 42.1 Å². The minimum absolute atomic E-state index is 0.179. The number of ether oxygens (including phenoxy) is 4. The molecule has 206 valence electrons. The Hall–Kier alpha value is -4.40. The first-order valence-corrected chi connectivity index (χ1v) is 12.8. The summed E-state index contributed by atoms with van der Waals surface area (Å²) in [4.78, 5) is 24.9. The second kappa shape index (κ2) is 13.6. The molecule has 0 aliphatic rings. The average Bonchev–Trinajstić information content (AvgIpc) is 2.97. The molecule has 10 heteroatoms. The van der Waals surface area contributed by atoms with Crippen molar-refractivity contribution in [3.05, 3.63) is 95.0 Å². The molecule has 2 amide bonds. The topological polar surface area (TPSA) is 95.1 Å². The van der Waals surface area contributed by atoms with Crippen molar-refractivity contribution in [2.24, 2.45) is 0 Å². The fourth-order valence-corrected chi connectivity index (χ4v) is 3.93. The molecule has 0 unspecified atom stereocenters. The summed E-state index contributed by atoms with van der Waals surface area (Å²) in [5.41, 5.74) is 2.61. The summed E-state index contributed by atoms with van der Waals surface area (Å²) in [5, 5.41) is 6.76. The van der Waals surface area contributed by atoms with E-state index in [1.54, 1.807) is 72.8 Å². The van der Waals surface area contributed by atoms with Crippen LogP contribution in [0.3, 0.4) is 0 Å². The van der Waals surface area contributed by atoms with Gasteiger partial charge in [0.1, 0.15) is 23.0 Å². The van der Waals surface area contributed by atoms with Crippen molar-refractivity contribution in [2.75, 3.05) is 38.1 Å². The minimum Gasteiger partial charge on any atom is -0.495 e. The molecule has 8 nitrogen and oxygen atoms in total. The molecule has 0 aliphatic heterocycles. The van der Waals surface area contributed by atoms with Crippen LogP contribution in [0.1, 0.15) is 0 Å². The lowest BCUT2D eigenvalue weighted by atomic mass is 10.0. The smallest absolute Gasteiger partial charge is 0.262 e. The number of nitrogens with one attached hydrogen (secondary N) is 2. The van der Waals surface area contributed by atoms with E-state index in [-0.39, 0.29) is 25.0 Å². The van der Waals surface area contributed by atoms with Crippen LogP contribution in [0.2, 0.25) is 10.0 Å². The van der Waals surface area contributed by atoms with Crippen LogP contribution in [0.15, 0.2) is 84.9 Å². The summed E-state index contributed by atoms with van der Waals surface area (Å²) in [6.07, 6.45) is 0. The second-order valence-electron chi connectivity index (χ2n) is 8.41. The predicted molar refractivity (Wildman–Crippen MR) is 156 cm³/mol. The molecule has 0 saturated carbocycles. The molecule has 0 heterocycles. The van der Waals surface area contributed by atoms with E-state index < -0.39 is 0 Å². The van der Waals surface area contributed by atoms with Crippen LogP contribution in [0.5, 0.6) is 23.0 Å². The van der Waals surface area contributed by atoms with Crippen LogP contribution in [0.4, 0.5) is 11.4 Å². The quantitative estimate of drug-likeness (QED) is 0.204. The van der Waals surface area contributed by atoms with Crippen LogP contribution in [-0.4, -0.2) is 39.2 Å². The van der Waals surface area contributed by atoms with Gasteiger partial charge in [0.25, 0.3) is 11.8 Å². The molecule has 4 rings (SSSR count). The van der Waals surface area contributed by atoms with Crippen molar-refractivity contribution in [3.63, 3.8) is 0 Å². The lowest BCUT2D eigenvalue weighted by molar-refractivity contribution is -0.118. The molecule has 0 bridgehead atoms. The maximum absolute atomic E-state index is 12.4. The molecular weight excluding hydrogens is 555 g/mol. The zero-order chi connectivity index (χ0) is 28.5. The Morgan fingerprint density at radius 1 is 0.600 bits per heavy atom. The van der Waals surface area contributed by atoms with Crippen molar-refractivity contribution >= 4 is 46.4 Å². The molecule has 0 spiro atoms. The number of hydrogen-bond acceptors (Lipinski definition) is 6. The van der Waals surface area contributed by atoms with E-state index in [2.05, 4.69) is 10.6 Å². The number of anilines is 2. The van der Waals surface area contributed by atoms with Gasteiger partial charge in [0.15, 0.2) is 13.2 Å². The van der Waals surface area contributed by atoms with Crippen LogP contribution >= 0.6 is 23.2 Å². The van der Waals surface area contributed by atoms with Crippen LogP contribution in [0.25, 0.3) is 11.1 Å². The lowest BCUT2D eigenvalue weighted by Gasteiger charge is -2.15. The third-order valence-electron chi connectivity index (χ3n) is 5.65. The number of carbonyl (C=O) groups is 2. The maximum Gasteiger partial charge on any atom is 0.262 e. The highest BCUT2D eigenvalue weighted by molar-refractivity contribution is 6.30. The number of hydrogen-bond donors (Lipinski definition) is 2. The van der Waals surface area contributed by atoms with E-state index in [1.807, 2.05) is 12.1 Å². The first-order valence-electron chi connectivity index (χ1n) is 12.1. The summed E-state index contributed by atoms with van der Waals surface area (Å²) in [7, 11) is 3.04. The number of carbonyl (C=O) groups excluding carboxylic acids is 2. The van der Waals surface area contributed by atoms with Gasteiger partial charge < -0.3 is 29.6 Å². The summed E-state index contributed by atoms with van der Waals surface area (Å²) < 4.78 is 22.0. The molecule has 4 aromatic rings. The van der Waals surface area contributed by atoms with Gasteiger partial charge in [0.05, 0.1) is 25.6 Å². The van der Waals surface area contributed by atoms with E-state index in [9.17, 15) is 9.59 Å². The molecule has 0 saturated heterocycles. The van der Waals surface area contributed by atoms with E-state index in [0.29, 0.717) is 44.4 Å². The van der Waals surface area contributed by atoms with Crippen molar-refractivity contribution < 1.29 is 28.5 Å². The summed E-state index contributed by atoms with van der Waals surface area (Å²) in [5.74, 6) is 1.31. The Morgan fingerprint density at radius 2 is 0.975 bits per heavy atom. The number of benzene rings is 4. The van der Waals surface area contributed by atoms with Gasteiger partial charge in [0, 0.05) is 10.0 Å². The molecule has 4 aromatic carbocycles. The SMILES string of the molecule is COc1cc(-c2ccc(NC(=O)COc3ccc(Cl)cc3)c(OC)c2)ccc1NC(=O)COc1ccc(Cl)cc1. The van der Waals surface area contributed by atoms with E-state index in [0.717, 1.165) is 11.1 Å². The summed E-state index contributed by atoms with van der Waals surface area (Å²) in [6.45, 7) is -0.358. The lowest BCUT2D eigenvalue weighted by Crippen LogP contribution is -2.20. The van der Waals surface area contributed by atoms with E-state index >= 15 is 0 Å². The van der Waals surface area contributed by atoms with Gasteiger partial charge in [0.2, 0.25) is 0 Å². The molecule has 0 aromatic heterocycles. The highest BCUT2D eigenvalue weighted by Crippen LogP contribution is 2.35. The first kappa shape index (κ1) is 28.6. The van der Waals surface area contributed by atoms with Gasteiger partial charge >= 0.3 is 0 Å². The third kappa shape index (κ3) is 7.81. The third-order valence-corrected chi connectivity index (χ3v) is 6.16. The Bertz CT molecular complexity index is 1360. The minimum atomic E-state index is -0.345. The highest BCUT2D eigenvalue weighted by atomic mass is 35.5. The number of amides is 2. The Balaban J connectivity index is 1.39. The molecule has 0 fully saturated rings. The van der Waals surface area contributed by atoms with Crippen molar-refractivity contribution in [2.45, 2.75) is 0 Å². The van der Waals surface area contributed by atoms with Gasteiger partial charge in [-0.05, 0) is 83.9 Å². The molecule has 0 radical (unpaired) electrons.